The highest BCUT2D eigenvalue weighted by Crippen LogP contribution is 2.35. The van der Waals surface area contributed by atoms with E-state index in [0.717, 1.165) is 23.8 Å². The minimum Gasteiger partial charge on any atom is -0.479 e. The lowest BCUT2D eigenvalue weighted by molar-refractivity contribution is -0.136. The molecule has 1 aromatic carbocycles. The van der Waals surface area contributed by atoms with E-state index in [0.29, 0.717) is 37.6 Å². The zero-order chi connectivity index (χ0) is 22.1. The molecule has 0 bridgehead atoms. The summed E-state index contributed by atoms with van der Waals surface area (Å²) in [5.74, 6) is 2.13. The molecule has 0 radical (unpaired) electrons. The fourth-order valence-electron chi connectivity index (χ4n) is 4.17. The first kappa shape index (κ1) is 21.1. The molecule has 0 spiro atoms. The van der Waals surface area contributed by atoms with Crippen LogP contribution in [0, 0.1) is 6.92 Å². The van der Waals surface area contributed by atoms with Gasteiger partial charge in [-0.1, -0.05) is 19.1 Å². The predicted molar refractivity (Wildman–Crippen MR) is 118 cm³/mol. The number of anilines is 2. The van der Waals surface area contributed by atoms with E-state index in [-0.39, 0.29) is 11.8 Å². The van der Waals surface area contributed by atoms with Crippen molar-refractivity contribution in [1.82, 2.24) is 14.9 Å². The number of hydrogen-bond donors (Lipinski definition) is 0. The van der Waals surface area contributed by atoms with Crippen LogP contribution in [0.1, 0.15) is 32.3 Å². The van der Waals surface area contributed by atoms with Crippen molar-refractivity contribution >= 4 is 23.3 Å². The van der Waals surface area contributed by atoms with Gasteiger partial charge >= 0.3 is 0 Å². The highest BCUT2D eigenvalue weighted by Gasteiger charge is 2.38. The van der Waals surface area contributed by atoms with Crippen molar-refractivity contribution < 1.29 is 14.3 Å². The molecule has 2 amide bonds. The van der Waals surface area contributed by atoms with Gasteiger partial charge in [0.15, 0.2) is 6.10 Å². The number of piperazine rings is 1. The van der Waals surface area contributed by atoms with Gasteiger partial charge in [0, 0.05) is 44.4 Å². The second kappa shape index (κ2) is 8.53. The van der Waals surface area contributed by atoms with Crippen molar-refractivity contribution in [2.24, 2.45) is 0 Å². The van der Waals surface area contributed by atoms with Gasteiger partial charge < -0.3 is 14.5 Å². The third-order valence-corrected chi connectivity index (χ3v) is 5.88. The first-order chi connectivity index (χ1) is 14.9. The van der Waals surface area contributed by atoms with E-state index in [9.17, 15) is 9.59 Å². The molecule has 2 aromatic rings. The maximum absolute atomic E-state index is 13.3. The Hall–Kier alpha value is -3.16. The molecule has 164 valence electrons. The van der Waals surface area contributed by atoms with Crippen molar-refractivity contribution in [2.75, 3.05) is 36.0 Å². The van der Waals surface area contributed by atoms with Crippen LogP contribution in [0.5, 0.6) is 5.75 Å². The zero-order valence-corrected chi connectivity index (χ0v) is 18.5. The van der Waals surface area contributed by atoms with Crippen molar-refractivity contribution in [3.63, 3.8) is 0 Å². The highest BCUT2D eigenvalue weighted by molar-refractivity contribution is 6.05. The number of para-hydroxylation sites is 2. The van der Waals surface area contributed by atoms with Crippen molar-refractivity contribution in [1.29, 1.82) is 0 Å². The van der Waals surface area contributed by atoms with E-state index in [1.54, 1.807) is 18.7 Å². The number of aryl methyl sites for hydroxylation is 2. The van der Waals surface area contributed by atoms with Gasteiger partial charge in [-0.25, -0.2) is 9.97 Å². The van der Waals surface area contributed by atoms with Crippen LogP contribution in [0.4, 0.5) is 11.5 Å². The van der Waals surface area contributed by atoms with Gasteiger partial charge in [0.2, 0.25) is 5.91 Å². The Kier molecular flexibility index (Phi) is 5.80. The average Bonchev–Trinajstić information content (AvgIpc) is 2.78. The summed E-state index contributed by atoms with van der Waals surface area (Å²) in [5.41, 5.74) is 1.60. The predicted octanol–water partition coefficient (Wildman–Crippen LogP) is 2.20. The average molecular weight is 424 g/mol. The number of hydrogen-bond acceptors (Lipinski definition) is 6. The summed E-state index contributed by atoms with van der Waals surface area (Å²) >= 11 is 0. The van der Waals surface area contributed by atoms with E-state index in [4.69, 9.17) is 4.74 Å². The molecule has 1 aromatic heterocycles. The SMILES string of the molecule is CCc1nc(C)cc(N2CCN(C(=O)[C@H](C)N3C(=O)[C@H](C)Oc4ccccc43)CC2)n1. The number of carbonyl (C=O) groups is 2. The summed E-state index contributed by atoms with van der Waals surface area (Å²) in [6.45, 7) is 10.1. The largest absolute Gasteiger partial charge is 0.479 e. The minimum absolute atomic E-state index is 0.0509. The summed E-state index contributed by atoms with van der Waals surface area (Å²) < 4.78 is 5.71. The smallest absolute Gasteiger partial charge is 0.268 e. The first-order valence-electron chi connectivity index (χ1n) is 10.9. The fourth-order valence-corrected chi connectivity index (χ4v) is 4.17. The molecule has 0 aliphatic carbocycles. The molecule has 0 N–H and O–H groups in total. The molecule has 8 heteroatoms. The van der Waals surface area contributed by atoms with E-state index >= 15 is 0 Å². The molecule has 1 fully saturated rings. The number of benzene rings is 1. The Bertz CT molecular complexity index is 987. The van der Waals surface area contributed by atoms with Crippen molar-refractivity contribution in [3.05, 3.63) is 41.9 Å². The number of carbonyl (C=O) groups excluding carboxylic acids is 2. The summed E-state index contributed by atoms with van der Waals surface area (Å²) in [6.07, 6.45) is 0.175. The summed E-state index contributed by atoms with van der Waals surface area (Å²) in [4.78, 5) is 40.9. The lowest BCUT2D eigenvalue weighted by Crippen LogP contribution is -2.58. The van der Waals surface area contributed by atoms with Gasteiger partial charge in [-0.3, -0.25) is 14.5 Å². The third kappa shape index (κ3) is 4.06. The number of amides is 2. The number of nitrogens with zero attached hydrogens (tertiary/aromatic N) is 5. The van der Waals surface area contributed by atoms with Crippen LogP contribution >= 0.6 is 0 Å². The van der Waals surface area contributed by atoms with Gasteiger partial charge in [0.1, 0.15) is 23.4 Å². The van der Waals surface area contributed by atoms with E-state index in [1.807, 2.05) is 49.1 Å². The summed E-state index contributed by atoms with van der Waals surface area (Å²) in [5, 5.41) is 0. The molecular weight excluding hydrogens is 394 g/mol. The molecule has 2 aliphatic rings. The van der Waals surface area contributed by atoms with Gasteiger partial charge in [0.05, 0.1) is 5.69 Å². The van der Waals surface area contributed by atoms with E-state index < -0.39 is 12.1 Å². The van der Waals surface area contributed by atoms with Crippen LogP contribution in [0.3, 0.4) is 0 Å². The Labute approximate surface area is 182 Å². The van der Waals surface area contributed by atoms with E-state index in [2.05, 4.69) is 14.9 Å². The quantitative estimate of drug-likeness (QED) is 0.750. The van der Waals surface area contributed by atoms with Gasteiger partial charge in [-0.2, -0.15) is 0 Å². The van der Waals surface area contributed by atoms with Gasteiger partial charge in [-0.05, 0) is 32.9 Å². The maximum Gasteiger partial charge on any atom is 0.268 e. The Morgan fingerprint density at radius 2 is 1.90 bits per heavy atom. The number of rotatable bonds is 4. The molecule has 31 heavy (non-hydrogen) atoms. The van der Waals surface area contributed by atoms with Crippen molar-refractivity contribution in [3.8, 4) is 5.75 Å². The minimum atomic E-state index is -0.615. The molecule has 0 unspecified atom stereocenters. The Balaban J connectivity index is 1.46. The normalized spacial score (nSPS) is 19.7. The lowest BCUT2D eigenvalue weighted by Gasteiger charge is -2.40. The van der Waals surface area contributed by atoms with Gasteiger partial charge in [-0.15, -0.1) is 0 Å². The van der Waals surface area contributed by atoms with Crippen LogP contribution < -0.4 is 14.5 Å². The molecule has 8 nitrogen and oxygen atoms in total. The third-order valence-electron chi connectivity index (χ3n) is 5.88. The topological polar surface area (TPSA) is 78.9 Å². The van der Waals surface area contributed by atoms with Crippen LogP contribution in [-0.4, -0.2) is 65.0 Å². The first-order valence-corrected chi connectivity index (χ1v) is 10.9. The molecule has 4 rings (SSSR count). The summed E-state index contributed by atoms with van der Waals surface area (Å²) in [7, 11) is 0. The standard InChI is InChI=1S/C23H29N5O3/c1-5-20-24-15(2)14-21(25-20)26-10-12-27(13-11-26)22(29)16(3)28-18-8-6-7-9-19(18)31-17(4)23(28)30/h6-9,14,16-17H,5,10-13H2,1-4H3/t16-,17-/m0/s1. The van der Waals surface area contributed by atoms with E-state index in [1.165, 1.54) is 0 Å². The maximum atomic E-state index is 13.3. The molecule has 3 heterocycles. The highest BCUT2D eigenvalue weighted by atomic mass is 16.5. The van der Waals surface area contributed by atoms with Crippen LogP contribution in [-0.2, 0) is 16.0 Å². The zero-order valence-electron chi connectivity index (χ0n) is 18.5. The summed E-state index contributed by atoms with van der Waals surface area (Å²) in [6, 6.07) is 8.76. The second-order valence-electron chi connectivity index (χ2n) is 8.06. The number of aromatic nitrogens is 2. The lowest BCUT2D eigenvalue weighted by atomic mass is 10.1. The molecule has 0 saturated carbocycles. The monoisotopic (exact) mass is 423 g/mol. The second-order valence-corrected chi connectivity index (χ2v) is 8.06. The Morgan fingerprint density at radius 3 is 2.61 bits per heavy atom. The molecule has 2 aliphatic heterocycles. The molecular formula is C23H29N5O3. The molecule has 2 atom stereocenters. The van der Waals surface area contributed by atoms with Crippen LogP contribution in [0.2, 0.25) is 0 Å². The number of fused-ring (bicyclic) bond motifs is 1. The fraction of sp³-hybridized carbons (Fsp3) is 0.478. The van der Waals surface area contributed by atoms with Crippen LogP contribution in [0.25, 0.3) is 0 Å². The van der Waals surface area contributed by atoms with Gasteiger partial charge in [0.25, 0.3) is 5.91 Å². The molecule has 1 saturated heterocycles. The number of ether oxygens (including phenoxy) is 1. The van der Waals surface area contributed by atoms with Crippen molar-refractivity contribution in [2.45, 2.75) is 46.3 Å². The van der Waals surface area contributed by atoms with Crippen LogP contribution in [0.15, 0.2) is 30.3 Å². The Morgan fingerprint density at radius 1 is 1.19 bits per heavy atom.